The summed E-state index contributed by atoms with van der Waals surface area (Å²) in [5.41, 5.74) is 1.22. The highest BCUT2D eigenvalue weighted by Gasteiger charge is 2.04. The van der Waals surface area contributed by atoms with Crippen LogP contribution in [0.1, 0.15) is 32.3 Å². The Morgan fingerprint density at radius 3 is 2.48 bits per heavy atom. The molecule has 0 unspecified atom stereocenters. The molecule has 0 aliphatic rings. The second kappa shape index (κ2) is 9.03. The van der Waals surface area contributed by atoms with E-state index in [0.29, 0.717) is 25.5 Å². The molecule has 0 amide bonds. The molecule has 0 fully saturated rings. The van der Waals surface area contributed by atoms with Crippen molar-refractivity contribution in [3.05, 3.63) is 58.5 Å². The number of hydrogen-bond acceptors (Lipinski definition) is 3. The molecule has 1 heterocycles. The van der Waals surface area contributed by atoms with Crippen molar-refractivity contribution in [1.82, 2.24) is 4.57 Å². The summed E-state index contributed by atoms with van der Waals surface area (Å²) >= 11 is 0. The lowest BCUT2D eigenvalue weighted by atomic mass is 10.2. The van der Waals surface area contributed by atoms with Crippen LogP contribution in [0.5, 0.6) is 11.5 Å². The minimum absolute atomic E-state index is 0.0757. The summed E-state index contributed by atoms with van der Waals surface area (Å²) in [5, 5.41) is 0. The van der Waals surface area contributed by atoms with E-state index >= 15 is 0 Å². The summed E-state index contributed by atoms with van der Waals surface area (Å²) in [4.78, 5) is 12.2. The van der Waals surface area contributed by atoms with Gasteiger partial charge in [-0.05, 0) is 49.1 Å². The molecular weight excluding hydrogens is 290 g/mol. The quantitative estimate of drug-likeness (QED) is 0.663. The van der Waals surface area contributed by atoms with Gasteiger partial charge in [-0.2, -0.15) is 0 Å². The van der Waals surface area contributed by atoms with Crippen LogP contribution >= 0.6 is 0 Å². The van der Waals surface area contributed by atoms with E-state index in [9.17, 15) is 4.79 Å². The topological polar surface area (TPSA) is 40.5 Å². The second-order valence-electron chi connectivity index (χ2n) is 5.42. The van der Waals surface area contributed by atoms with E-state index in [0.717, 1.165) is 25.0 Å². The minimum Gasteiger partial charge on any atom is -0.494 e. The summed E-state index contributed by atoms with van der Waals surface area (Å²) < 4.78 is 12.9. The van der Waals surface area contributed by atoms with Gasteiger partial charge in [0.15, 0.2) is 5.75 Å². The number of rotatable bonds is 9. The van der Waals surface area contributed by atoms with E-state index in [-0.39, 0.29) is 5.56 Å². The van der Waals surface area contributed by atoms with Crippen LogP contribution in [-0.4, -0.2) is 17.8 Å². The van der Waals surface area contributed by atoms with Gasteiger partial charge in [-0.15, -0.1) is 0 Å². The van der Waals surface area contributed by atoms with Crippen molar-refractivity contribution in [3.8, 4) is 11.5 Å². The first-order valence-electron chi connectivity index (χ1n) is 8.28. The molecule has 0 radical (unpaired) electrons. The van der Waals surface area contributed by atoms with Crippen molar-refractivity contribution in [3.63, 3.8) is 0 Å². The monoisotopic (exact) mass is 315 g/mol. The molecule has 1 aromatic carbocycles. The van der Waals surface area contributed by atoms with Crippen LogP contribution in [0.15, 0.2) is 47.4 Å². The zero-order chi connectivity index (χ0) is 16.5. The Hall–Kier alpha value is -2.23. The molecule has 0 aliphatic heterocycles. The van der Waals surface area contributed by atoms with Gasteiger partial charge in [0.25, 0.3) is 5.56 Å². The smallest absolute Gasteiger partial charge is 0.292 e. The summed E-state index contributed by atoms with van der Waals surface area (Å²) in [7, 11) is 0. The molecule has 0 spiro atoms. The molecule has 2 aromatic rings. The van der Waals surface area contributed by atoms with Crippen molar-refractivity contribution in [1.29, 1.82) is 0 Å². The zero-order valence-corrected chi connectivity index (χ0v) is 14.0. The number of benzene rings is 1. The van der Waals surface area contributed by atoms with Crippen LogP contribution in [0.4, 0.5) is 0 Å². The molecule has 1 aromatic heterocycles. The summed E-state index contributed by atoms with van der Waals surface area (Å²) in [6.07, 6.45) is 4.47. The fourth-order valence-corrected chi connectivity index (χ4v) is 2.26. The molecule has 4 nitrogen and oxygen atoms in total. The Morgan fingerprint density at radius 1 is 1.00 bits per heavy atom. The summed E-state index contributed by atoms with van der Waals surface area (Å²) in [5.74, 6) is 1.29. The normalized spacial score (nSPS) is 10.5. The Bertz CT molecular complexity index is 646. The standard InChI is InChI=1S/C19H25NO3/c1-3-14-23-18-7-5-12-20(19(18)21)13-6-15-22-17-10-8-16(4-2)9-11-17/h5,7-12H,3-4,6,13-15H2,1-2H3. The number of nitrogens with zero attached hydrogens (tertiary/aromatic N) is 1. The van der Waals surface area contributed by atoms with Crippen LogP contribution in [0.2, 0.25) is 0 Å². The predicted molar refractivity (Wildman–Crippen MR) is 92.4 cm³/mol. The van der Waals surface area contributed by atoms with E-state index in [1.807, 2.05) is 25.1 Å². The van der Waals surface area contributed by atoms with Crippen LogP contribution in [0, 0.1) is 0 Å². The molecule has 0 saturated carbocycles. The summed E-state index contributed by atoms with van der Waals surface area (Å²) in [6.45, 7) is 5.92. The Morgan fingerprint density at radius 2 is 1.78 bits per heavy atom. The van der Waals surface area contributed by atoms with E-state index in [1.165, 1.54) is 5.56 Å². The van der Waals surface area contributed by atoms with Crippen LogP contribution in [0.3, 0.4) is 0 Å². The van der Waals surface area contributed by atoms with E-state index in [2.05, 4.69) is 19.1 Å². The lowest BCUT2D eigenvalue weighted by molar-refractivity contribution is 0.295. The SMILES string of the molecule is CCCOc1cccn(CCCOc2ccc(CC)cc2)c1=O. The average molecular weight is 315 g/mol. The third-order valence-electron chi connectivity index (χ3n) is 3.59. The highest BCUT2D eigenvalue weighted by molar-refractivity contribution is 5.27. The van der Waals surface area contributed by atoms with Crippen LogP contribution in [0.25, 0.3) is 0 Å². The highest BCUT2D eigenvalue weighted by Crippen LogP contribution is 2.12. The van der Waals surface area contributed by atoms with Gasteiger partial charge in [-0.3, -0.25) is 4.79 Å². The van der Waals surface area contributed by atoms with Gasteiger partial charge in [0.05, 0.1) is 13.2 Å². The Labute approximate surface area is 137 Å². The van der Waals surface area contributed by atoms with Gasteiger partial charge in [0, 0.05) is 12.7 Å². The fourth-order valence-electron chi connectivity index (χ4n) is 2.26. The van der Waals surface area contributed by atoms with Gasteiger partial charge in [-0.25, -0.2) is 0 Å². The molecule has 0 atom stereocenters. The van der Waals surface area contributed by atoms with Gasteiger partial charge < -0.3 is 14.0 Å². The van der Waals surface area contributed by atoms with Crippen molar-refractivity contribution < 1.29 is 9.47 Å². The number of aryl methyl sites for hydroxylation is 2. The van der Waals surface area contributed by atoms with Gasteiger partial charge in [-0.1, -0.05) is 26.0 Å². The fraction of sp³-hybridized carbons (Fsp3) is 0.421. The molecule has 0 aliphatic carbocycles. The van der Waals surface area contributed by atoms with E-state index in [4.69, 9.17) is 9.47 Å². The molecule has 23 heavy (non-hydrogen) atoms. The molecule has 0 N–H and O–H groups in total. The lowest BCUT2D eigenvalue weighted by Gasteiger charge is -2.10. The average Bonchev–Trinajstić information content (AvgIpc) is 2.59. The van der Waals surface area contributed by atoms with E-state index < -0.39 is 0 Å². The van der Waals surface area contributed by atoms with Crippen molar-refractivity contribution in [2.45, 2.75) is 39.7 Å². The first-order valence-corrected chi connectivity index (χ1v) is 8.28. The second-order valence-corrected chi connectivity index (χ2v) is 5.42. The van der Waals surface area contributed by atoms with Crippen molar-refractivity contribution in [2.75, 3.05) is 13.2 Å². The predicted octanol–water partition coefficient (Wildman–Crippen LogP) is 3.67. The number of aromatic nitrogens is 1. The third-order valence-corrected chi connectivity index (χ3v) is 3.59. The first kappa shape index (κ1) is 17.1. The van der Waals surface area contributed by atoms with Gasteiger partial charge in [0.2, 0.25) is 0 Å². The maximum atomic E-state index is 12.2. The maximum absolute atomic E-state index is 12.2. The Kier molecular flexibility index (Phi) is 6.73. The number of hydrogen-bond donors (Lipinski definition) is 0. The van der Waals surface area contributed by atoms with Gasteiger partial charge in [0.1, 0.15) is 5.75 Å². The molecule has 124 valence electrons. The zero-order valence-electron chi connectivity index (χ0n) is 14.0. The highest BCUT2D eigenvalue weighted by atomic mass is 16.5. The molecular formula is C19H25NO3. The van der Waals surface area contributed by atoms with Crippen molar-refractivity contribution >= 4 is 0 Å². The number of pyridine rings is 1. The maximum Gasteiger partial charge on any atom is 0.292 e. The summed E-state index contributed by atoms with van der Waals surface area (Å²) in [6, 6.07) is 11.7. The lowest BCUT2D eigenvalue weighted by Crippen LogP contribution is -2.22. The van der Waals surface area contributed by atoms with Crippen LogP contribution in [-0.2, 0) is 13.0 Å². The van der Waals surface area contributed by atoms with Crippen LogP contribution < -0.4 is 15.0 Å². The molecule has 2 rings (SSSR count). The largest absolute Gasteiger partial charge is 0.494 e. The number of ether oxygens (including phenoxy) is 2. The molecule has 0 bridgehead atoms. The van der Waals surface area contributed by atoms with Gasteiger partial charge >= 0.3 is 0 Å². The van der Waals surface area contributed by atoms with E-state index in [1.54, 1.807) is 16.8 Å². The molecule has 4 heteroatoms. The third kappa shape index (κ3) is 5.16. The van der Waals surface area contributed by atoms with Crippen molar-refractivity contribution in [2.24, 2.45) is 0 Å². The first-order chi connectivity index (χ1) is 11.2. The minimum atomic E-state index is -0.0757. The molecule has 0 saturated heterocycles. The Balaban J connectivity index is 1.82.